The third-order valence-electron chi connectivity index (χ3n) is 3.81. The van der Waals surface area contributed by atoms with E-state index >= 15 is 0 Å². The summed E-state index contributed by atoms with van der Waals surface area (Å²) in [5.41, 5.74) is 2.14. The molecule has 2 aromatic rings. The summed E-state index contributed by atoms with van der Waals surface area (Å²) in [5.74, 6) is -0.554. The summed E-state index contributed by atoms with van der Waals surface area (Å²) in [7, 11) is 0. The molecular weight excluding hydrogens is 419 g/mol. The predicted molar refractivity (Wildman–Crippen MR) is 115 cm³/mol. The molecule has 0 spiro atoms. The third kappa shape index (κ3) is 5.58. The zero-order valence-corrected chi connectivity index (χ0v) is 17.1. The van der Waals surface area contributed by atoms with Crippen LogP contribution in [0.5, 0.6) is 0 Å². The molecule has 0 radical (unpaired) electrons. The van der Waals surface area contributed by atoms with E-state index in [1.807, 2.05) is 19.1 Å². The number of nitrogens with one attached hydrogen (secondary N) is 2. The van der Waals surface area contributed by atoms with Crippen molar-refractivity contribution >= 4 is 63.3 Å². The van der Waals surface area contributed by atoms with E-state index in [4.69, 9.17) is 23.2 Å². The Balaban J connectivity index is 1.59. The SMILES string of the molecule is C/C(=N\N=C1/NC(=O)C(CC(=O)Nc2cccc(Cl)c2)S1)c1ccc(Cl)cc1. The highest BCUT2D eigenvalue weighted by Gasteiger charge is 2.32. The molecule has 1 atom stereocenters. The molecule has 1 aliphatic heterocycles. The summed E-state index contributed by atoms with van der Waals surface area (Å²) in [6.45, 7) is 1.81. The Morgan fingerprint density at radius 3 is 2.64 bits per heavy atom. The number of amidine groups is 1. The molecule has 3 rings (SSSR count). The summed E-state index contributed by atoms with van der Waals surface area (Å²) < 4.78 is 0. The van der Waals surface area contributed by atoms with Gasteiger partial charge in [-0.2, -0.15) is 5.10 Å². The minimum atomic E-state index is -0.566. The van der Waals surface area contributed by atoms with Crippen LogP contribution < -0.4 is 10.6 Å². The van der Waals surface area contributed by atoms with Gasteiger partial charge in [0.25, 0.3) is 0 Å². The minimum absolute atomic E-state index is 0.0158. The van der Waals surface area contributed by atoms with Crippen molar-refractivity contribution in [2.45, 2.75) is 18.6 Å². The fourth-order valence-electron chi connectivity index (χ4n) is 2.40. The Labute approximate surface area is 176 Å². The van der Waals surface area contributed by atoms with Crippen LogP contribution in [0, 0.1) is 0 Å². The Hall–Kier alpha value is -2.35. The number of amides is 2. The number of carbonyl (C=O) groups excluding carboxylic acids is 2. The van der Waals surface area contributed by atoms with E-state index in [9.17, 15) is 9.59 Å². The predicted octanol–water partition coefficient (Wildman–Crippen LogP) is 4.33. The summed E-state index contributed by atoms with van der Waals surface area (Å²) in [6.07, 6.45) is 0.0158. The van der Waals surface area contributed by atoms with Crippen LogP contribution in [-0.2, 0) is 9.59 Å². The first-order valence-corrected chi connectivity index (χ1v) is 9.95. The first-order chi connectivity index (χ1) is 13.4. The highest BCUT2D eigenvalue weighted by atomic mass is 35.5. The number of benzene rings is 2. The van der Waals surface area contributed by atoms with Crippen molar-refractivity contribution in [2.24, 2.45) is 10.2 Å². The Bertz CT molecular complexity index is 961. The molecule has 1 aliphatic rings. The van der Waals surface area contributed by atoms with Gasteiger partial charge < -0.3 is 10.6 Å². The van der Waals surface area contributed by atoms with Gasteiger partial charge in [0, 0.05) is 22.2 Å². The van der Waals surface area contributed by atoms with Gasteiger partial charge in [-0.15, -0.1) is 5.10 Å². The molecule has 2 amide bonds. The zero-order valence-electron chi connectivity index (χ0n) is 14.8. The highest BCUT2D eigenvalue weighted by Crippen LogP contribution is 2.23. The van der Waals surface area contributed by atoms with Gasteiger partial charge in [0.1, 0.15) is 5.25 Å². The zero-order chi connectivity index (χ0) is 20.1. The van der Waals surface area contributed by atoms with Gasteiger partial charge in [0.2, 0.25) is 11.8 Å². The minimum Gasteiger partial charge on any atom is -0.326 e. The van der Waals surface area contributed by atoms with Crippen LogP contribution in [0.4, 0.5) is 5.69 Å². The first kappa shape index (κ1) is 20.4. The Kier molecular flexibility index (Phi) is 6.72. The maximum atomic E-state index is 12.2. The molecule has 0 saturated carbocycles. The van der Waals surface area contributed by atoms with E-state index in [0.717, 1.165) is 5.56 Å². The molecule has 2 aromatic carbocycles. The quantitative estimate of drug-likeness (QED) is 0.542. The lowest BCUT2D eigenvalue weighted by molar-refractivity contribution is -0.122. The van der Waals surface area contributed by atoms with Crippen LogP contribution in [0.25, 0.3) is 0 Å². The van der Waals surface area contributed by atoms with Crippen LogP contribution in [0.1, 0.15) is 18.9 Å². The van der Waals surface area contributed by atoms with E-state index in [0.29, 0.717) is 26.6 Å². The number of hydrogen-bond donors (Lipinski definition) is 2. The molecule has 9 heteroatoms. The average Bonchev–Trinajstić information content (AvgIpc) is 2.99. The third-order valence-corrected chi connectivity index (χ3v) is 5.37. The van der Waals surface area contributed by atoms with Crippen LogP contribution >= 0.6 is 35.0 Å². The fraction of sp³-hybridized carbons (Fsp3) is 0.158. The molecule has 28 heavy (non-hydrogen) atoms. The second kappa shape index (κ2) is 9.23. The lowest BCUT2D eigenvalue weighted by Crippen LogP contribution is -2.28. The van der Waals surface area contributed by atoms with Gasteiger partial charge in [0.05, 0.1) is 5.71 Å². The summed E-state index contributed by atoms with van der Waals surface area (Å²) >= 11 is 12.9. The van der Waals surface area contributed by atoms with Crippen molar-refractivity contribution in [3.8, 4) is 0 Å². The monoisotopic (exact) mass is 434 g/mol. The molecule has 0 aromatic heterocycles. The van der Waals surface area contributed by atoms with E-state index in [1.165, 1.54) is 11.8 Å². The van der Waals surface area contributed by atoms with Crippen LogP contribution in [0.15, 0.2) is 58.7 Å². The lowest BCUT2D eigenvalue weighted by atomic mass is 10.1. The molecule has 1 saturated heterocycles. The maximum absolute atomic E-state index is 12.2. The van der Waals surface area contributed by atoms with Crippen LogP contribution in [0.3, 0.4) is 0 Å². The second-order valence-electron chi connectivity index (χ2n) is 5.96. The van der Waals surface area contributed by atoms with Crippen molar-refractivity contribution in [3.05, 3.63) is 64.1 Å². The smallest absolute Gasteiger partial charge is 0.240 e. The molecule has 1 heterocycles. The number of hydrogen-bond acceptors (Lipinski definition) is 5. The molecule has 0 bridgehead atoms. The van der Waals surface area contributed by atoms with Gasteiger partial charge in [0.15, 0.2) is 5.17 Å². The molecule has 6 nitrogen and oxygen atoms in total. The van der Waals surface area contributed by atoms with Crippen LogP contribution in [0.2, 0.25) is 10.0 Å². The topological polar surface area (TPSA) is 82.9 Å². The van der Waals surface area contributed by atoms with Gasteiger partial charge in [-0.05, 0) is 42.8 Å². The van der Waals surface area contributed by atoms with Crippen LogP contribution in [-0.4, -0.2) is 27.9 Å². The van der Waals surface area contributed by atoms with Gasteiger partial charge in [-0.25, -0.2) is 0 Å². The van der Waals surface area contributed by atoms with E-state index < -0.39 is 5.25 Å². The summed E-state index contributed by atoms with van der Waals surface area (Å²) in [5, 5.41) is 14.5. The number of halogens is 2. The fourth-order valence-corrected chi connectivity index (χ4v) is 3.64. The molecule has 0 aliphatic carbocycles. The number of nitrogens with zero attached hydrogens (tertiary/aromatic N) is 2. The van der Waals surface area contributed by atoms with E-state index in [1.54, 1.807) is 36.4 Å². The normalized spacial score (nSPS) is 18.2. The van der Waals surface area contributed by atoms with E-state index in [2.05, 4.69) is 20.8 Å². The molecule has 1 fully saturated rings. The van der Waals surface area contributed by atoms with Crippen molar-refractivity contribution < 1.29 is 9.59 Å². The van der Waals surface area contributed by atoms with Crippen molar-refractivity contribution in [2.75, 3.05) is 5.32 Å². The number of rotatable bonds is 5. The molecule has 2 N–H and O–H groups in total. The van der Waals surface area contributed by atoms with E-state index in [-0.39, 0.29) is 18.2 Å². The standard InChI is InChI=1S/C19H16Cl2N4O2S/c1-11(12-5-7-13(20)8-6-12)24-25-19-23-18(27)16(28-19)10-17(26)22-15-4-2-3-14(21)9-15/h2-9,16H,10H2,1H3,(H,22,26)(H,23,25,27)/b24-11+. The molecule has 144 valence electrons. The Morgan fingerprint density at radius 1 is 1.18 bits per heavy atom. The first-order valence-electron chi connectivity index (χ1n) is 8.32. The highest BCUT2D eigenvalue weighted by molar-refractivity contribution is 8.15. The van der Waals surface area contributed by atoms with Crippen molar-refractivity contribution in [1.29, 1.82) is 0 Å². The summed E-state index contributed by atoms with van der Waals surface area (Å²) in [4.78, 5) is 24.3. The lowest BCUT2D eigenvalue weighted by Gasteiger charge is -2.07. The largest absolute Gasteiger partial charge is 0.326 e. The summed E-state index contributed by atoms with van der Waals surface area (Å²) in [6, 6.07) is 14.0. The van der Waals surface area contributed by atoms with Crippen molar-refractivity contribution in [1.82, 2.24) is 5.32 Å². The van der Waals surface area contributed by atoms with Crippen molar-refractivity contribution in [3.63, 3.8) is 0 Å². The van der Waals surface area contributed by atoms with Gasteiger partial charge in [-0.1, -0.05) is 53.2 Å². The molecule has 1 unspecified atom stereocenters. The van der Waals surface area contributed by atoms with Gasteiger partial charge in [-0.3, -0.25) is 9.59 Å². The maximum Gasteiger partial charge on any atom is 0.240 e. The number of thioether (sulfide) groups is 1. The molecular formula is C19H16Cl2N4O2S. The Morgan fingerprint density at radius 2 is 1.93 bits per heavy atom. The second-order valence-corrected chi connectivity index (χ2v) is 8.02. The number of anilines is 1. The number of carbonyl (C=O) groups is 2. The van der Waals surface area contributed by atoms with Gasteiger partial charge >= 0.3 is 0 Å². The average molecular weight is 435 g/mol.